The lowest BCUT2D eigenvalue weighted by Crippen LogP contribution is -2.09. The van der Waals surface area contributed by atoms with Crippen molar-refractivity contribution in [3.63, 3.8) is 0 Å². The molecule has 0 aliphatic carbocycles. The molecule has 0 atom stereocenters. The first-order chi connectivity index (χ1) is 10.1. The first kappa shape index (κ1) is 15.9. The number of carboxylic acids is 1. The van der Waals surface area contributed by atoms with Gasteiger partial charge in [0.1, 0.15) is 11.4 Å². The molecule has 1 N–H and O–H groups in total. The number of pyridine rings is 1. The van der Waals surface area contributed by atoms with E-state index in [4.69, 9.17) is 5.11 Å². The number of sulfone groups is 1. The van der Waals surface area contributed by atoms with Gasteiger partial charge in [0.15, 0.2) is 15.5 Å². The van der Waals surface area contributed by atoms with E-state index < -0.39 is 32.8 Å². The van der Waals surface area contributed by atoms with Gasteiger partial charge in [0, 0.05) is 13.3 Å². The second-order valence-corrected chi connectivity index (χ2v) is 6.35. The fourth-order valence-electron chi connectivity index (χ4n) is 1.83. The summed E-state index contributed by atoms with van der Waals surface area (Å²) in [7, 11) is -2.58. The molecule has 0 unspecified atom stereocenters. The van der Waals surface area contributed by atoms with E-state index in [9.17, 15) is 22.0 Å². The Morgan fingerprint density at radius 2 is 2.00 bits per heavy atom. The van der Waals surface area contributed by atoms with Crippen LogP contribution >= 0.6 is 0 Å². The molecule has 22 heavy (non-hydrogen) atoms. The predicted molar refractivity (Wildman–Crippen MR) is 69.3 cm³/mol. The molecule has 0 bridgehead atoms. The van der Waals surface area contributed by atoms with Crippen molar-refractivity contribution in [3.8, 4) is 11.4 Å². The van der Waals surface area contributed by atoms with Crippen LogP contribution in [0.2, 0.25) is 0 Å². The first-order valence-corrected chi connectivity index (χ1v) is 7.64. The van der Waals surface area contributed by atoms with Crippen molar-refractivity contribution in [1.82, 2.24) is 20.0 Å². The second-order valence-electron chi connectivity index (χ2n) is 4.37. The summed E-state index contributed by atoms with van der Waals surface area (Å²) in [5.74, 6) is -1.37. The third-order valence-electron chi connectivity index (χ3n) is 2.76. The SMILES string of the molecule is Cn1nnc(-c2ccc(S(C)(=O)=O)c(C(F)F)n2)c1C(=O)O. The van der Waals surface area contributed by atoms with Gasteiger partial charge >= 0.3 is 5.97 Å². The van der Waals surface area contributed by atoms with Gasteiger partial charge in [-0.3, -0.25) is 0 Å². The fourth-order valence-corrected chi connectivity index (χ4v) is 2.66. The van der Waals surface area contributed by atoms with Crippen LogP contribution < -0.4 is 0 Å². The third-order valence-corrected chi connectivity index (χ3v) is 3.91. The molecule has 2 rings (SSSR count). The molecule has 0 saturated heterocycles. The number of aryl methyl sites for hydroxylation is 1. The van der Waals surface area contributed by atoms with E-state index in [1.807, 2.05) is 0 Å². The largest absolute Gasteiger partial charge is 0.476 e. The zero-order chi connectivity index (χ0) is 16.7. The number of nitrogens with zero attached hydrogens (tertiary/aromatic N) is 4. The van der Waals surface area contributed by atoms with Crippen LogP contribution in [0.25, 0.3) is 11.4 Å². The van der Waals surface area contributed by atoms with Crippen LogP contribution in [0.3, 0.4) is 0 Å². The van der Waals surface area contributed by atoms with Crippen molar-refractivity contribution in [3.05, 3.63) is 23.5 Å². The van der Waals surface area contributed by atoms with E-state index in [1.165, 1.54) is 7.05 Å². The average Bonchev–Trinajstić information content (AvgIpc) is 2.79. The number of halogens is 2. The zero-order valence-electron chi connectivity index (χ0n) is 11.4. The highest BCUT2D eigenvalue weighted by Gasteiger charge is 2.26. The van der Waals surface area contributed by atoms with Crippen molar-refractivity contribution in [2.45, 2.75) is 11.3 Å². The molecule has 11 heteroatoms. The molecule has 0 aliphatic heterocycles. The number of aromatic carboxylic acids is 1. The van der Waals surface area contributed by atoms with Crippen molar-refractivity contribution >= 4 is 15.8 Å². The first-order valence-electron chi connectivity index (χ1n) is 5.75. The van der Waals surface area contributed by atoms with Crippen LogP contribution in [-0.4, -0.2) is 45.7 Å². The molecule has 0 radical (unpaired) electrons. The highest BCUT2D eigenvalue weighted by molar-refractivity contribution is 7.90. The Labute approximate surface area is 123 Å². The molecule has 0 spiro atoms. The third kappa shape index (κ3) is 2.79. The summed E-state index contributed by atoms with van der Waals surface area (Å²) in [5.41, 5.74) is -1.73. The van der Waals surface area contributed by atoms with Crippen LogP contribution in [0.1, 0.15) is 22.6 Å². The molecule has 2 aromatic rings. The summed E-state index contributed by atoms with van der Waals surface area (Å²) in [6, 6.07) is 2.05. The molecular formula is C11H10F2N4O4S. The average molecular weight is 332 g/mol. The van der Waals surface area contributed by atoms with Crippen LogP contribution in [-0.2, 0) is 16.9 Å². The number of carboxylic acid groups (broad SMARTS) is 1. The molecule has 2 aromatic heterocycles. The second kappa shape index (κ2) is 5.40. The van der Waals surface area contributed by atoms with Gasteiger partial charge in [0.25, 0.3) is 6.43 Å². The Kier molecular flexibility index (Phi) is 3.92. The van der Waals surface area contributed by atoms with Crippen LogP contribution in [0.15, 0.2) is 17.0 Å². The maximum atomic E-state index is 13.0. The lowest BCUT2D eigenvalue weighted by Gasteiger charge is -2.08. The van der Waals surface area contributed by atoms with E-state index >= 15 is 0 Å². The lowest BCUT2D eigenvalue weighted by atomic mass is 10.2. The van der Waals surface area contributed by atoms with E-state index in [1.54, 1.807) is 0 Å². The minimum absolute atomic E-state index is 0.201. The number of rotatable bonds is 4. The molecule has 0 aromatic carbocycles. The monoisotopic (exact) mass is 332 g/mol. The van der Waals surface area contributed by atoms with E-state index in [2.05, 4.69) is 15.3 Å². The summed E-state index contributed by atoms with van der Waals surface area (Å²) in [5, 5.41) is 16.2. The minimum atomic E-state index is -3.90. The Bertz CT molecular complexity index is 848. The Morgan fingerprint density at radius 1 is 1.36 bits per heavy atom. The molecule has 0 amide bonds. The van der Waals surface area contributed by atoms with Crippen molar-refractivity contribution in [1.29, 1.82) is 0 Å². The van der Waals surface area contributed by atoms with Crippen molar-refractivity contribution in [2.24, 2.45) is 7.05 Å². The highest BCUT2D eigenvalue weighted by atomic mass is 32.2. The minimum Gasteiger partial charge on any atom is -0.476 e. The summed E-state index contributed by atoms with van der Waals surface area (Å²) >= 11 is 0. The topological polar surface area (TPSA) is 115 Å². The van der Waals surface area contributed by atoms with Gasteiger partial charge in [-0.25, -0.2) is 31.7 Å². The van der Waals surface area contributed by atoms with Crippen LogP contribution in [0, 0.1) is 0 Å². The maximum absolute atomic E-state index is 13.0. The summed E-state index contributed by atoms with van der Waals surface area (Å²) in [6.07, 6.45) is -2.37. The van der Waals surface area contributed by atoms with Gasteiger partial charge in [-0.2, -0.15) is 0 Å². The van der Waals surface area contributed by atoms with Crippen molar-refractivity contribution in [2.75, 3.05) is 6.26 Å². The van der Waals surface area contributed by atoms with E-state index in [-0.39, 0.29) is 17.1 Å². The molecule has 8 nitrogen and oxygen atoms in total. The highest BCUT2D eigenvalue weighted by Crippen LogP contribution is 2.28. The Morgan fingerprint density at radius 3 is 2.50 bits per heavy atom. The summed E-state index contributed by atoms with van der Waals surface area (Å²) in [6.45, 7) is 0. The van der Waals surface area contributed by atoms with Gasteiger partial charge in [0.05, 0.1) is 10.6 Å². The van der Waals surface area contributed by atoms with Gasteiger partial charge in [-0.1, -0.05) is 5.21 Å². The number of hydrogen-bond donors (Lipinski definition) is 1. The Hall–Kier alpha value is -2.43. The number of hydrogen-bond acceptors (Lipinski definition) is 6. The zero-order valence-corrected chi connectivity index (χ0v) is 12.2. The molecule has 0 fully saturated rings. The van der Waals surface area contributed by atoms with E-state index in [0.29, 0.717) is 0 Å². The Balaban J connectivity index is 2.70. The van der Waals surface area contributed by atoms with Gasteiger partial charge in [-0.05, 0) is 12.1 Å². The molecule has 0 saturated carbocycles. The molecule has 2 heterocycles. The van der Waals surface area contributed by atoms with Gasteiger partial charge in [0.2, 0.25) is 0 Å². The lowest BCUT2D eigenvalue weighted by molar-refractivity contribution is 0.0686. The van der Waals surface area contributed by atoms with Gasteiger partial charge < -0.3 is 5.11 Å². The molecular weight excluding hydrogens is 322 g/mol. The predicted octanol–water partition coefficient (Wildman–Crippen LogP) is 0.916. The summed E-state index contributed by atoms with van der Waals surface area (Å²) in [4.78, 5) is 14.1. The van der Waals surface area contributed by atoms with Gasteiger partial charge in [-0.15, -0.1) is 5.10 Å². The number of aromatic nitrogens is 4. The molecule has 0 aliphatic rings. The number of alkyl halides is 2. The maximum Gasteiger partial charge on any atom is 0.356 e. The number of carbonyl (C=O) groups is 1. The smallest absolute Gasteiger partial charge is 0.356 e. The van der Waals surface area contributed by atoms with Crippen LogP contribution in [0.5, 0.6) is 0 Å². The van der Waals surface area contributed by atoms with Crippen molar-refractivity contribution < 1.29 is 27.1 Å². The van der Waals surface area contributed by atoms with Crippen LogP contribution in [0.4, 0.5) is 8.78 Å². The fraction of sp³-hybridized carbons (Fsp3) is 0.273. The van der Waals surface area contributed by atoms with E-state index in [0.717, 1.165) is 23.1 Å². The normalized spacial score (nSPS) is 11.9. The summed E-state index contributed by atoms with van der Waals surface area (Å²) < 4.78 is 50.0. The quantitative estimate of drug-likeness (QED) is 0.885. The molecule has 118 valence electrons. The standard InChI is InChI=1S/C11H10F2N4O4S/c1-17-9(11(18)19)7(15-16-17)5-3-4-6(22(2,20)21)8(14-5)10(12)13/h3-4,10H,1-2H3,(H,18,19).